The normalized spacial score (nSPS) is 10.6. The third kappa shape index (κ3) is 3.07. The number of nitrogens with zero attached hydrogens (tertiary/aromatic N) is 2. The molecule has 0 amide bonds. The number of halogens is 1. The zero-order valence-electron chi connectivity index (χ0n) is 8.47. The lowest BCUT2D eigenvalue weighted by Crippen LogP contribution is -1.90. The Hall–Kier alpha value is -1.87. The van der Waals surface area contributed by atoms with Crippen LogP contribution in [0.2, 0.25) is 5.02 Å². The highest BCUT2D eigenvalue weighted by molar-refractivity contribution is 6.30. The topological polar surface area (TPSA) is 37.3 Å². The van der Waals surface area contributed by atoms with Gasteiger partial charge in [0.1, 0.15) is 0 Å². The number of nitrogens with one attached hydrogen (secondary N) is 1. The minimum Gasteiger partial charge on any atom is -0.278 e. The molecular weight excluding hydrogens is 222 g/mol. The van der Waals surface area contributed by atoms with Crippen molar-refractivity contribution in [1.82, 2.24) is 4.98 Å². The van der Waals surface area contributed by atoms with Gasteiger partial charge < -0.3 is 0 Å². The molecule has 3 nitrogen and oxygen atoms in total. The van der Waals surface area contributed by atoms with Gasteiger partial charge in [0.2, 0.25) is 0 Å². The van der Waals surface area contributed by atoms with E-state index in [0.29, 0.717) is 5.02 Å². The average molecular weight is 232 g/mol. The van der Waals surface area contributed by atoms with E-state index in [1.54, 1.807) is 18.6 Å². The lowest BCUT2D eigenvalue weighted by molar-refractivity contribution is 1.31. The van der Waals surface area contributed by atoms with Gasteiger partial charge in [-0.25, -0.2) is 0 Å². The first-order chi connectivity index (χ1) is 7.84. The van der Waals surface area contributed by atoms with Crippen LogP contribution >= 0.6 is 11.6 Å². The molecule has 4 heteroatoms. The second kappa shape index (κ2) is 5.28. The highest BCUT2D eigenvalue weighted by Gasteiger charge is 1.90. The van der Waals surface area contributed by atoms with Crippen LogP contribution in [-0.4, -0.2) is 11.2 Å². The maximum Gasteiger partial charge on any atom is 0.0576 e. The first kappa shape index (κ1) is 10.6. The molecule has 0 saturated carbocycles. The number of pyridine rings is 1. The predicted molar refractivity (Wildman–Crippen MR) is 66.9 cm³/mol. The third-order valence-electron chi connectivity index (χ3n) is 1.94. The number of hydrogen-bond donors (Lipinski definition) is 1. The van der Waals surface area contributed by atoms with Crippen LogP contribution in [0.25, 0.3) is 0 Å². The van der Waals surface area contributed by atoms with Crippen molar-refractivity contribution in [1.29, 1.82) is 0 Å². The first-order valence-electron chi connectivity index (χ1n) is 4.79. The number of hydrazone groups is 1. The first-order valence-corrected chi connectivity index (χ1v) is 5.17. The van der Waals surface area contributed by atoms with E-state index in [2.05, 4.69) is 15.5 Å². The fourth-order valence-electron chi connectivity index (χ4n) is 1.19. The van der Waals surface area contributed by atoms with E-state index in [4.69, 9.17) is 11.6 Å². The zero-order valence-corrected chi connectivity index (χ0v) is 9.22. The number of hydrogen-bond acceptors (Lipinski definition) is 3. The summed E-state index contributed by atoms with van der Waals surface area (Å²) in [6.07, 6.45) is 5.17. The van der Waals surface area contributed by atoms with E-state index >= 15 is 0 Å². The Morgan fingerprint density at radius 3 is 2.75 bits per heavy atom. The van der Waals surface area contributed by atoms with Crippen LogP contribution in [0, 0.1) is 0 Å². The molecule has 1 aromatic heterocycles. The quantitative estimate of drug-likeness (QED) is 0.651. The maximum absolute atomic E-state index is 5.84. The second-order valence-electron chi connectivity index (χ2n) is 3.16. The van der Waals surface area contributed by atoms with E-state index in [1.165, 1.54) is 0 Å². The van der Waals surface area contributed by atoms with Crippen molar-refractivity contribution in [3.63, 3.8) is 0 Å². The van der Waals surface area contributed by atoms with Crippen LogP contribution in [0.15, 0.2) is 53.9 Å². The molecule has 2 aromatic rings. The summed E-state index contributed by atoms with van der Waals surface area (Å²) >= 11 is 5.84. The van der Waals surface area contributed by atoms with Gasteiger partial charge >= 0.3 is 0 Å². The number of anilines is 1. The van der Waals surface area contributed by atoms with E-state index in [0.717, 1.165) is 11.3 Å². The minimum atomic E-state index is 0.684. The van der Waals surface area contributed by atoms with Crippen LogP contribution in [0.1, 0.15) is 5.56 Å². The SMILES string of the molecule is Clc1cccc(N/N=C\c2ccncc2)c1. The van der Waals surface area contributed by atoms with Crippen molar-refractivity contribution < 1.29 is 0 Å². The van der Waals surface area contributed by atoms with Crippen LogP contribution in [0.5, 0.6) is 0 Å². The van der Waals surface area contributed by atoms with Gasteiger partial charge in [-0.15, -0.1) is 0 Å². The maximum atomic E-state index is 5.84. The highest BCUT2D eigenvalue weighted by Crippen LogP contribution is 2.14. The Labute approximate surface area is 98.8 Å². The third-order valence-corrected chi connectivity index (χ3v) is 2.17. The lowest BCUT2D eigenvalue weighted by Gasteiger charge is -1.99. The summed E-state index contributed by atoms with van der Waals surface area (Å²) < 4.78 is 0. The van der Waals surface area contributed by atoms with Gasteiger partial charge in [-0.1, -0.05) is 17.7 Å². The molecule has 0 aliphatic rings. The molecule has 0 fully saturated rings. The van der Waals surface area contributed by atoms with E-state index in [9.17, 15) is 0 Å². The van der Waals surface area contributed by atoms with E-state index in [-0.39, 0.29) is 0 Å². The fraction of sp³-hybridized carbons (Fsp3) is 0. The van der Waals surface area contributed by atoms with Gasteiger partial charge in [-0.2, -0.15) is 5.10 Å². The van der Waals surface area contributed by atoms with Gasteiger partial charge in [0.15, 0.2) is 0 Å². The Morgan fingerprint density at radius 2 is 2.00 bits per heavy atom. The molecule has 1 aromatic carbocycles. The minimum absolute atomic E-state index is 0.684. The lowest BCUT2D eigenvalue weighted by atomic mass is 10.3. The summed E-state index contributed by atoms with van der Waals surface area (Å²) in [5.74, 6) is 0. The van der Waals surface area contributed by atoms with Crippen LogP contribution in [0.3, 0.4) is 0 Å². The molecule has 0 radical (unpaired) electrons. The van der Waals surface area contributed by atoms with Gasteiger partial charge in [0.05, 0.1) is 11.9 Å². The molecule has 16 heavy (non-hydrogen) atoms. The molecule has 0 bridgehead atoms. The summed E-state index contributed by atoms with van der Waals surface area (Å²) in [6.45, 7) is 0. The Morgan fingerprint density at radius 1 is 1.19 bits per heavy atom. The molecule has 1 N–H and O–H groups in total. The van der Waals surface area contributed by atoms with Gasteiger partial charge in [0, 0.05) is 17.4 Å². The molecule has 80 valence electrons. The average Bonchev–Trinajstić information content (AvgIpc) is 2.30. The number of rotatable bonds is 3. The Bertz CT molecular complexity index is 483. The summed E-state index contributed by atoms with van der Waals surface area (Å²) in [4.78, 5) is 3.92. The summed E-state index contributed by atoms with van der Waals surface area (Å²) in [5, 5.41) is 4.78. The van der Waals surface area contributed by atoms with Crippen molar-refractivity contribution in [3.8, 4) is 0 Å². The largest absolute Gasteiger partial charge is 0.278 e. The van der Waals surface area contributed by atoms with Gasteiger partial charge in [0.25, 0.3) is 0 Å². The van der Waals surface area contributed by atoms with E-state index in [1.807, 2.05) is 36.4 Å². The van der Waals surface area contributed by atoms with Crippen molar-refractivity contribution in [2.45, 2.75) is 0 Å². The van der Waals surface area contributed by atoms with Gasteiger partial charge in [-0.3, -0.25) is 10.4 Å². The molecule has 0 unspecified atom stereocenters. The molecule has 0 aliphatic heterocycles. The van der Waals surface area contributed by atoms with Crippen molar-refractivity contribution >= 4 is 23.5 Å². The molecule has 0 atom stereocenters. The van der Waals surface area contributed by atoms with Crippen LogP contribution in [0.4, 0.5) is 5.69 Å². The van der Waals surface area contributed by atoms with Crippen molar-refractivity contribution in [2.24, 2.45) is 5.10 Å². The van der Waals surface area contributed by atoms with E-state index < -0.39 is 0 Å². The smallest absolute Gasteiger partial charge is 0.0576 e. The standard InChI is InChI=1S/C12H10ClN3/c13-11-2-1-3-12(8-11)16-15-9-10-4-6-14-7-5-10/h1-9,16H/b15-9-. The Balaban J connectivity index is 2.00. The summed E-state index contributed by atoms with van der Waals surface area (Å²) in [7, 11) is 0. The molecule has 1 heterocycles. The van der Waals surface area contributed by atoms with Crippen molar-refractivity contribution in [3.05, 3.63) is 59.4 Å². The second-order valence-corrected chi connectivity index (χ2v) is 3.60. The summed E-state index contributed by atoms with van der Waals surface area (Å²) in [5.41, 5.74) is 4.75. The molecular formula is C12H10ClN3. The van der Waals surface area contributed by atoms with Crippen LogP contribution < -0.4 is 5.43 Å². The predicted octanol–water partition coefficient (Wildman–Crippen LogP) is 3.18. The molecule has 2 rings (SSSR count). The highest BCUT2D eigenvalue weighted by atomic mass is 35.5. The fourth-order valence-corrected chi connectivity index (χ4v) is 1.38. The zero-order chi connectivity index (χ0) is 11.2. The molecule has 0 saturated heterocycles. The van der Waals surface area contributed by atoms with Crippen LogP contribution in [-0.2, 0) is 0 Å². The number of aromatic nitrogens is 1. The van der Waals surface area contributed by atoms with Crippen molar-refractivity contribution in [2.75, 3.05) is 5.43 Å². The number of benzene rings is 1. The summed E-state index contributed by atoms with van der Waals surface area (Å²) in [6, 6.07) is 11.2. The monoisotopic (exact) mass is 231 g/mol. The van der Waals surface area contributed by atoms with Gasteiger partial charge in [-0.05, 0) is 35.9 Å². The molecule has 0 spiro atoms. The molecule has 0 aliphatic carbocycles. The Kier molecular flexibility index (Phi) is 3.51.